The Kier molecular flexibility index (Phi) is 4.96. The molecule has 130 valence electrons. The molecule has 0 spiro atoms. The molecule has 0 amide bonds. The van der Waals surface area contributed by atoms with Gasteiger partial charge in [-0.15, -0.1) is 11.3 Å². The predicted octanol–water partition coefficient (Wildman–Crippen LogP) is 3.96. The van der Waals surface area contributed by atoms with Gasteiger partial charge in [0, 0.05) is 47.2 Å². The molecule has 3 rings (SSSR count). The summed E-state index contributed by atoms with van der Waals surface area (Å²) >= 11 is 1.58. The summed E-state index contributed by atoms with van der Waals surface area (Å²) in [7, 11) is 1.95. The lowest BCUT2D eigenvalue weighted by Crippen LogP contribution is -2.13. The standard InChI is InChI=1S/C18H20N4O2S/c1-12-16(13(2)21(3)20-12)11-19-10-14-8-9-18(25-14)15-6-4-5-7-17(15)22(23)24/h4-9,19H,10-11H2,1-3H3. The zero-order chi connectivity index (χ0) is 18.0. The lowest BCUT2D eigenvalue weighted by Gasteiger charge is -2.04. The van der Waals surface area contributed by atoms with Crippen molar-refractivity contribution < 1.29 is 4.92 Å². The van der Waals surface area contributed by atoms with Crippen LogP contribution in [0.15, 0.2) is 36.4 Å². The molecule has 0 saturated carbocycles. The minimum Gasteiger partial charge on any atom is -0.308 e. The van der Waals surface area contributed by atoms with Crippen molar-refractivity contribution in [3.05, 3.63) is 68.3 Å². The number of nitrogens with zero attached hydrogens (tertiary/aromatic N) is 3. The third kappa shape index (κ3) is 3.62. The van der Waals surface area contributed by atoms with Gasteiger partial charge in [0.2, 0.25) is 0 Å². The number of thiophene rings is 1. The number of aromatic nitrogens is 2. The van der Waals surface area contributed by atoms with Crippen LogP contribution in [0.1, 0.15) is 21.8 Å². The van der Waals surface area contributed by atoms with Crippen LogP contribution in [0.2, 0.25) is 0 Å². The maximum Gasteiger partial charge on any atom is 0.278 e. The molecule has 0 saturated heterocycles. The van der Waals surface area contributed by atoms with E-state index in [2.05, 4.69) is 17.3 Å². The van der Waals surface area contributed by atoms with Gasteiger partial charge in [-0.1, -0.05) is 12.1 Å². The summed E-state index contributed by atoms with van der Waals surface area (Å²) in [5.74, 6) is 0. The Morgan fingerprint density at radius 3 is 2.64 bits per heavy atom. The molecular weight excluding hydrogens is 336 g/mol. The average molecular weight is 356 g/mol. The number of nitro groups is 1. The largest absolute Gasteiger partial charge is 0.308 e. The first-order valence-corrected chi connectivity index (χ1v) is 8.81. The number of hydrogen-bond acceptors (Lipinski definition) is 5. The summed E-state index contributed by atoms with van der Waals surface area (Å²) in [6.45, 7) is 5.56. The second-order valence-electron chi connectivity index (χ2n) is 5.92. The molecule has 25 heavy (non-hydrogen) atoms. The molecule has 2 heterocycles. The van der Waals surface area contributed by atoms with E-state index in [4.69, 9.17) is 0 Å². The number of rotatable bonds is 6. The van der Waals surface area contributed by atoms with Crippen molar-refractivity contribution >= 4 is 17.0 Å². The van der Waals surface area contributed by atoms with Crippen LogP contribution in [-0.2, 0) is 20.1 Å². The molecular formula is C18H20N4O2S. The molecule has 0 radical (unpaired) electrons. The van der Waals surface area contributed by atoms with Gasteiger partial charge in [-0.2, -0.15) is 5.10 Å². The Hall–Kier alpha value is -2.51. The highest BCUT2D eigenvalue weighted by molar-refractivity contribution is 7.15. The van der Waals surface area contributed by atoms with E-state index >= 15 is 0 Å². The van der Waals surface area contributed by atoms with Gasteiger partial charge in [0.25, 0.3) is 5.69 Å². The van der Waals surface area contributed by atoms with Gasteiger partial charge in [0.15, 0.2) is 0 Å². The van der Waals surface area contributed by atoms with Crippen LogP contribution in [0.3, 0.4) is 0 Å². The molecule has 1 aromatic carbocycles. The first-order valence-electron chi connectivity index (χ1n) is 7.99. The Balaban J connectivity index is 1.70. The normalized spacial score (nSPS) is 11.0. The van der Waals surface area contributed by atoms with E-state index in [0.717, 1.165) is 34.2 Å². The van der Waals surface area contributed by atoms with Crippen molar-refractivity contribution in [2.75, 3.05) is 0 Å². The van der Waals surface area contributed by atoms with Crippen LogP contribution in [0.25, 0.3) is 10.4 Å². The van der Waals surface area contributed by atoms with Crippen molar-refractivity contribution in [1.29, 1.82) is 0 Å². The summed E-state index contributed by atoms with van der Waals surface area (Å²) in [6.07, 6.45) is 0. The molecule has 0 aliphatic carbocycles. The quantitative estimate of drug-likeness (QED) is 0.536. The highest BCUT2D eigenvalue weighted by atomic mass is 32.1. The van der Waals surface area contributed by atoms with Crippen LogP contribution in [-0.4, -0.2) is 14.7 Å². The smallest absolute Gasteiger partial charge is 0.278 e. The first-order chi connectivity index (χ1) is 12.0. The highest BCUT2D eigenvalue weighted by Gasteiger charge is 2.16. The maximum absolute atomic E-state index is 11.2. The van der Waals surface area contributed by atoms with E-state index in [9.17, 15) is 10.1 Å². The minimum absolute atomic E-state index is 0.144. The highest BCUT2D eigenvalue weighted by Crippen LogP contribution is 2.34. The Labute approximate surface area is 150 Å². The number of para-hydroxylation sites is 1. The Morgan fingerprint density at radius 1 is 1.20 bits per heavy atom. The molecule has 0 aliphatic rings. The molecule has 6 nitrogen and oxygen atoms in total. The number of nitrogens with one attached hydrogen (secondary N) is 1. The van der Waals surface area contributed by atoms with Crippen LogP contribution in [0, 0.1) is 24.0 Å². The van der Waals surface area contributed by atoms with Gasteiger partial charge >= 0.3 is 0 Å². The zero-order valence-corrected chi connectivity index (χ0v) is 15.3. The van der Waals surface area contributed by atoms with Gasteiger partial charge in [-0.25, -0.2) is 0 Å². The van der Waals surface area contributed by atoms with Crippen molar-refractivity contribution in [2.45, 2.75) is 26.9 Å². The molecule has 0 atom stereocenters. The summed E-state index contributed by atoms with van der Waals surface area (Å²) in [4.78, 5) is 12.9. The van der Waals surface area contributed by atoms with Crippen molar-refractivity contribution in [3.63, 3.8) is 0 Å². The fourth-order valence-corrected chi connectivity index (χ4v) is 3.85. The first kappa shape index (κ1) is 17.3. The Bertz CT molecular complexity index is 914. The molecule has 1 N–H and O–H groups in total. The van der Waals surface area contributed by atoms with Crippen molar-refractivity contribution in [1.82, 2.24) is 15.1 Å². The van der Waals surface area contributed by atoms with Gasteiger partial charge in [0.1, 0.15) is 0 Å². The van der Waals surface area contributed by atoms with E-state index in [1.54, 1.807) is 29.5 Å². The summed E-state index contributed by atoms with van der Waals surface area (Å²) in [5.41, 5.74) is 4.24. The van der Waals surface area contributed by atoms with Gasteiger partial charge in [-0.3, -0.25) is 14.8 Å². The topological polar surface area (TPSA) is 73.0 Å². The van der Waals surface area contributed by atoms with Crippen LogP contribution in [0.5, 0.6) is 0 Å². The molecule has 3 aromatic rings. The molecule has 2 aromatic heterocycles. The minimum atomic E-state index is -0.332. The van der Waals surface area contributed by atoms with Gasteiger partial charge in [-0.05, 0) is 32.0 Å². The SMILES string of the molecule is Cc1nn(C)c(C)c1CNCc1ccc(-c2ccccc2[N+](=O)[O-])s1. The predicted molar refractivity (Wildman–Crippen MR) is 99.6 cm³/mol. The monoisotopic (exact) mass is 356 g/mol. The second-order valence-corrected chi connectivity index (χ2v) is 7.09. The maximum atomic E-state index is 11.2. The third-order valence-corrected chi connectivity index (χ3v) is 5.41. The van der Waals surface area contributed by atoms with Crippen LogP contribution < -0.4 is 5.32 Å². The van der Waals surface area contributed by atoms with E-state index in [1.807, 2.05) is 36.9 Å². The van der Waals surface area contributed by atoms with Gasteiger partial charge in [0.05, 0.1) is 16.2 Å². The average Bonchev–Trinajstić information content (AvgIpc) is 3.15. The molecule has 0 bridgehead atoms. The number of benzene rings is 1. The fourth-order valence-electron chi connectivity index (χ4n) is 2.84. The molecule has 0 unspecified atom stereocenters. The molecule has 0 aliphatic heterocycles. The molecule has 7 heteroatoms. The number of hydrogen-bond donors (Lipinski definition) is 1. The van der Waals surface area contributed by atoms with Crippen molar-refractivity contribution in [2.24, 2.45) is 7.05 Å². The van der Waals surface area contributed by atoms with Gasteiger partial charge < -0.3 is 5.32 Å². The molecule has 0 fully saturated rings. The third-order valence-electron chi connectivity index (χ3n) is 4.29. The summed E-state index contributed by atoms with van der Waals surface area (Å²) in [6, 6.07) is 10.8. The van der Waals surface area contributed by atoms with Crippen LogP contribution in [0.4, 0.5) is 5.69 Å². The van der Waals surface area contributed by atoms with E-state index in [0.29, 0.717) is 5.56 Å². The number of nitro benzene ring substituents is 1. The Morgan fingerprint density at radius 2 is 1.96 bits per heavy atom. The lowest BCUT2D eigenvalue weighted by molar-refractivity contribution is -0.384. The van der Waals surface area contributed by atoms with E-state index in [-0.39, 0.29) is 10.6 Å². The summed E-state index contributed by atoms with van der Waals surface area (Å²) in [5, 5.41) is 19.0. The lowest BCUT2D eigenvalue weighted by atomic mass is 10.1. The van der Waals surface area contributed by atoms with Crippen molar-refractivity contribution in [3.8, 4) is 10.4 Å². The fraction of sp³-hybridized carbons (Fsp3) is 0.278. The van der Waals surface area contributed by atoms with E-state index in [1.165, 1.54) is 5.56 Å². The number of aryl methyl sites for hydroxylation is 2. The zero-order valence-electron chi connectivity index (χ0n) is 14.4. The van der Waals surface area contributed by atoms with Crippen LogP contribution >= 0.6 is 11.3 Å². The van der Waals surface area contributed by atoms with E-state index < -0.39 is 0 Å². The summed E-state index contributed by atoms with van der Waals surface area (Å²) < 4.78 is 1.89. The second kappa shape index (κ2) is 7.16.